The molecular formula is C11H16Br2N4O. The number of aromatic nitrogens is 3. The van der Waals surface area contributed by atoms with Gasteiger partial charge in [0, 0.05) is 13.1 Å². The normalized spacial score (nSPS) is 24.3. The fourth-order valence-electron chi connectivity index (χ4n) is 2.49. The maximum absolute atomic E-state index is 12.2. The highest BCUT2D eigenvalue weighted by Gasteiger charge is 2.26. The summed E-state index contributed by atoms with van der Waals surface area (Å²) in [7, 11) is 0. The predicted octanol–water partition coefficient (Wildman–Crippen LogP) is 2.31. The quantitative estimate of drug-likeness (QED) is 0.792. The van der Waals surface area contributed by atoms with Gasteiger partial charge in [-0.25, -0.2) is 4.68 Å². The van der Waals surface area contributed by atoms with Crippen LogP contribution in [0.5, 0.6) is 0 Å². The molecule has 100 valence electrons. The van der Waals surface area contributed by atoms with Crippen LogP contribution in [-0.2, 0) is 11.3 Å². The monoisotopic (exact) mass is 378 g/mol. The lowest BCUT2D eigenvalue weighted by Crippen LogP contribution is -2.44. The Labute approximate surface area is 123 Å². The molecule has 1 aliphatic rings. The molecule has 0 saturated carbocycles. The second-order valence-electron chi connectivity index (χ2n) is 5.05. The molecule has 1 aromatic rings. The Bertz CT molecular complexity index is 438. The van der Waals surface area contributed by atoms with Gasteiger partial charge in [-0.2, -0.15) is 4.98 Å². The van der Waals surface area contributed by atoms with Crippen molar-refractivity contribution in [1.82, 2.24) is 19.7 Å². The first-order valence-electron chi connectivity index (χ1n) is 5.99. The van der Waals surface area contributed by atoms with Gasteiger partial charge in [0.15, 0.2) is 4.73 Å². The standard InChI is InChI=1S/C11H16Br2N4O/c1-7-3-8(2)5-16(4-7)9(18)6-17-11(13)14-10(12)15-17/h7-8H,3-6H2,1-2H3/t7-,8-/m1/s1. The van der Waals surface area contributed by atoms with Crippen molar-refractivity contribution in [2.45, 2.75) is 26.8 Å². The van der Waals surface area contributed by atoms with E-state index < -0.39 is 0 Å². The highest BCUT2D eigenvalue weighted by atomic mass is 79.9. The van der Waals surface area contributed by atoms with E-state index in [0.717, 1.165) is 13.1 Å². The number of halogens is 2. The lowest BCUT2D eigenvalue weighted by atomic mass is 9.92. The molecule has 0 radical (unpaired) electrons. The van der Waals surface area contributed by atoms with Gasteiger partial charge in [-0.3, -0.25) is 4.79 Å². The average Bonchev–Trinajstić information content (AvgIpc) is 2.56. The van der Waals surface area contributed by atoms with Crippen LogP contribution in [0.3, 0.4) is 0 Å². The summed E-state index contributed by atoms with van der Waals surface area (Å²) in [6.45, 7) is 6.31. The first kappa shape index (κ1) is 14.0. The van der Waals surface area contributed by atoms with Gasteiger partial charge in [-0.05, 0) is 50.1 Å². The number of carbonyl (C=O) groups is 1. The summed E-state index contributed by atoms with van der Waals surface area (Å²) in [5.74, 6) is 1.25. The van der Waals surface area contributed by atoms with Crippen LogP contribution in [0.25, 0.3) is 0 Å². The molecule has 0 aromatic carbocycles. The zero-order valence-corrected chi connectivity index (χ0v) is 13.6. The topological polar surface area (TPSA) is 51.0 Å². The average molecular weight is 380 g/mol. The third-order valence-corrected chi connectivity index (χ3v) is 4.03. The Morgan fingerprint density at radius 1 is 1.33 bits per heavy atom. The van der Waals surface area contributed by atoms with Crippen LogP contribution in [0.15, 0.2) is 9.47 Å². The number of likely N-dealkylation sites (tertiary alicyclic amines) is 1. The zero-order valence-electron chi connectivity index (χ0n) is 10.4. The maximum atomic E-state index is 12.2. The molecule has 2 atom stereocenters. The van der Waals surface area contributed by atoms with Crippen LogP contribution >= 0.6 is 31.9 Å². The van der Waals surface area contributed by atoms with E-state index in [-0.39, 0.29) is 12.5 Å². The molecule has 1 fully saturated rings. The van der Waals surface area contributed by atoms with Gasteiger partial charge < -0.3 is 4.90 Å². The van der Waals surface area contributed by atoms with Crippen LogP contribution in [0, 0.1) is 11.8 Å². The zero-order chi connectivity index (χ0) is 13.3. The summed E-state index contributed by atoms with van der Waals surface area (Å²) in [6, 6.07) is 0. The van der Waals surface area contributed by atoms with Gasteiger partial charge in [0.2, 0.25) is 10.6 Å². The summed E-state index contributed by atoms with van der Waals surface area (Å²) in [4.78, 5) is 18.2. The summed E-state index contributed by atoms with van der Waals surface area (Å²) < 4.78 is 2.62. The van der Waals surface area contributed by atoms with E-state index in [0.29, 0.717) is 21.3 Å². The number of carbonyl (C=O) groups excluding carboxylic acids is 1. The molecule has 0 spiro atoms. The molecule has 0 N–H and O–H groups in total. The van der Waals surface area contributed by atoms with E-state index in [1.807, 2.05) is 4.90 Å². The molecule has 2 rings (SSSR count). The smallest absolute Gasteiger partial charge is 0.244 e. The Morgan fingerprint density at radius 3 is 2.44 bits per heavy atom. The van der Waals surface area contributed by atoms with Crippen molar-refractivity contribution in [2.24, 2.45) is 11.8 Å². The van der Waals surface area contributed by atoms with E-state index in [1.54, 1.807) is 4.68 Å². The number of rotatable bonds is 2. The van der Waals surface area contributed by atoms with Crippen molar-refractivity contribution in [2.75, 3.05) is 13.1 Å². The molecular weight excluding hydrogens is 364 g/mol. The summed E-state index contributed by atoms with van der Waals surface area (Å²) in [5.41, 5.74) is 0. The maximum Gasteiger partial charge on any atom is 0.244 e. The van der Waals surface area contributed by atoms with Crippen molar-refractivity contribution < 1.29 is 4.79 Å². The number of nitrogens with zero attached hydrogens (tertiary/aromatic N) is 4. The van der Waals surface area contributed by atoms with E-state index >= 15 is 0 Å². The molecule has 7 heteroatoms. The van der Waals surface area contributed by atoms with E-state index in [4.69, 9.17) is 0 Å². The predicted molar refractivity (Wildman–Crippen MR) is 74.9 cm³/mol. The van der Waals surface area contributed by atoms with Crippen LogP contribution in [0.4, 0.5) is 0 Å². The van der Waals surface area contributed by atoms with Crippen molar-refractivity contribution in [3.63, 3.8) is 0 Å². The Balaban J connectivity index is 2.01. The number of amides is 1. The van der Waals surface area contributed by atoms with Crippen molar-refractivity contribution in [3.05, 3.63) is 9.47 Å². The molecule has 18 heavy (non-hydrogen) atoms. The minimum absolute atomic E-state index is 0.103. The Hall–Kier alpha value is -0.430. The van der Waals surface area contributed by atoms with E-state index in [9.17, 15) is 4.79 Å². The first-order valence-corrected chi connectivity index (χ1v) is 7.58. The largest absolute Gasteiger partial charge is 0.341 e. The van der Waals surface area contributed by atoms with Gasteiger partial charge in [0.1, 0.15) is 6.54 Å². The lowest BCUT2D eigenvalue weighted by molar-refractivity contribution is -0.134. The molecule has 2 heterocycles. The molecule has 1 aliphatic heterocycles. The highest BCUT2D eigenvalue weighted by molar-refractivity contribution is 9.11. The summed E-state index contributed by atoms with van der Waals surface area (Å²) in [6.07, 6.45) is 1.20. The molecule has 1 aromatic heterocycles. The fraction of sp³-hybridized carbons (Fsp3) is 0.727. The number of hydrogen-bond donors (Lipinski definition) is 0. The van der Waals surface area contributed by atoms with Gasteiger partial charge in [-0.15, -0.1) is 5.10 Å². The first-order chi connectivity index (χ1) is 8.45. The van der Waals surface area contributed by atoms with Crippen molar-refractivity contribution in [3.8, 4) is 0 Å². The van der Waals surface area contributed by atoms with Gasteiger partial charge in [0.25, 0.3) is 0 Å². The molecule has 0 aliphatic carbocycles. The minimum atomic E-state index is 0.103. The van der Waals surface area contributed by atoms with Crippen molar-refractivity contribution in [1.29, 1.82) is 0 Å². The number of hydrogen-bond acceptors (Lipinski definition) is 3. The fourth-order valence-corrected chi connectivity index (χ4v) is 3.46. The third-order valence-electron chi connectivity index (χ3n) is 3.11. The summed E-state index contributed by atoms with van der Waals surface area (Å²) in [5, 5.41) is 4.11. The van der Waals surface area contributed by atoms with Crippen LogP contribution in [0.2, 0.25) is 0 Å². The second-order valence-corrected chi connectivity index (χ2v) is 6.47. The molecule has 0 bridgehead atoms. The Kier molecular flexibility index (Phi) is 4.42. The van der Waals surface area contributed by atoms with E-state index in [1.165, 1.54) is 6.42 Å². The lowest BCUT2D eigenvalue weighted by Gasteiger charge is -2.35. The third kappa shape index (κ3) is 3.32. The molecule has 1 amide bonds. The second kappa shape index (κ2) is 5.69. The number of piperidine rings is 1. The molecule has 5 nitrogen and oxygen atoms in total. The minimum Gasteiger partial charge on any atom is -0.341 e. The Morgan fingerprint density at radius 2 is 1.94 bits per heavy atom. The van der Waals surface area contributed by atoms with Crippen LogP contribution in [0.1, 0.15) is 20.3 Å². The highest BCUT2D eigenvalue weighted by Crippen LogP contribution is 2.21. The van der Waals surface area contributed by atoms with Gasteiger partial charge in [-0.1, -0.05) is 13.8 Å². The van der Waals surface area contributed by atoms with Crippen LogP contribution < -0.4 is 0 Å². The van der Waals surface area contributed by atoms with E-state index in [2.05, 4.69) is 55.8 Å². The van der Waals surface area contributed by atoms with Crippen molar-refractivity contribution >= 4 is 37.8 Å². The van der Waals surface area contributed by atoms with Crippen LogP contribution in [-0.4, -0.2) is 38.7 Å². The van der Waals surface area contributed by atoms with Gasteiger partial charge in [0.05, 0.1) is 0 Å². The molecule has 0 unspecified atom stereocenters. The SMILES string of the molecule is C[C@@H]1C[C@@H](C)CN(C(=O)Cn2nc(Br)nc2Br)C1. The summed E-state index contributed by atoms with van der Waals surface area (Å²) >= 11 is 6.47. The van der Waals surface area contributed by atoms with Gasteiger partial charge >= 0.3 is 0 Å². The molecule has 1 saturated heterocycles.